The molecule has 0 fully saturated rings. The van der Waals surface area contributed by atoms with Crippen molar-refractivity contribution in [1.29, 1.82) is 0 Å². The Bertz CT molecular complexity index is 1030. The summed E-state index contributed by atoms with van der Waals surface area (Å²) in [7, 11) is 0. The summed E-state index contributed by atoms with van der Waals surface area (Å²) in [6.07, 6.45) is 1.30. The fraction of sp³-hybridized carbons (Fsp3) is 0.259. The molecule has 4 nitrogen and oxygen atoms in total. The van der Waals surface area contributed by atoms with Crippen LogP contribution in [-0.2, 0) is 22.6 Å². The van der Waals surface area contributed by atoms with E-state index in [0.717, 1.165) is 26.9 Å². The summed E-state index contributed by atoms with van der Waals surface area (Å²) in [6.45, 7) is 2.97. The van der Waals surface area contributed by atoms with Crippen LogP contribution in [0.15, 0.2) is 94.3 Å². The first-order chi connectivity index (χ1) is 16.1. The van der Waals surface area contributed by atoms with Crippen molar-refractivity contribution in [3.05, 3.63) is 101 Å². The van der Waals surface area contributed by atoms with E-state index in [9.17, 15) is 9.59 Å². The van der Waals surface area contributed by atoms with E-state index < -0.39 is 6.04 Å². The van der Waals surface area contributed by atoms with E-state index in [-0.39, 0.29) is 17.6 Å². The van der Waals surface area contributed by atoms with Crippen molar-refractivity contribution in [3.8, 4) is 0 Å². The fourth-order valence-corrected chi connectivity index (χ4v) is 4.75. The maximum Gasteiger partial charge on any atom is 0.243 e. The van der Waals surface area contributed by atoms with Gasteiger partial charge < -0.3 is 10.2 Å². The van der Waals surface area contributed by atoms with Gasteiger partial charge in [0.25, 0.3) is 0 Å². The van der Waals surface area contributed by atoms with Gasteiger partial charge in [0.2, 0.25) is 11.8 Å². The minimum Gasteiger partial charge on any atom is -0.354 e. The van der Waals surface area contributed by atoms with Crippen molar-refractivity contribution in [1.82, 2.24) is 10.2 Å². The third-order valence-corrected chi connectivity index (χ3v) is 6.66. The second-order valence-electron chi connectivity index (χ2n) is 7.75. The van der Waals surface area contributed by atoms with Crippen molar-refractivity contribution >= 4 is 39.5 Å². The lowest BCUT2D eigenvalue weighted by Crippen LogP contribution is -2.51. The second kappa shape index (κ2) is 13.2. The lowest BCUT2D eigenvalue weighted by atomic mass is 10.0. The zero-order valence-corrected chi connectivity index (χ0v) is 21.1. The van der Waals surface area contributed by atoms with E-state index in [0.29, 0.717) is 19.5 Å². The van der Waals surface area contributed by atoms with Crippen LogP contribution >= 0.6 is 27.7 Å². The number of halogens is 1. The van der Waals surface area contributed by atoms with Gasteiger partial charge in [0.05, 0.1) is 5.75 Å². The molecule has 0 spiro atoms. The minimum absolute atomic E-state index is 0.0589. The molecule has 0 aliphatic rings. The Balaban J connectivity index is 1.88. The Morgan fingerprint density at radius 1 is 0.939 bits per heavy atom. The highest BCUT2D eigenvalue weighted by Gasteiger charge is 2.30. The summed E-state index contributed by atoms with van der Waals surface area (Å²) in [6, 6.07) is 27.0. The summed E-state index contributed by atoms with van der Waals surface area (Å²) in [5.74, 6) is 0.0924. The molecule has 0 aromatic heterocycles. The van der Waals surface area contributed by atoms with Crippen LogP contribution in [0, 0.1) is 0 Å². The molecule has 0 saturated carbocycles. The number of carbonyl (C=O) groups is 2. The minimum atomic E-state index is -0.596. The van der Waals surface area contributed by atoms with Crippen LogP contribution in [0.4, 0.5) is 0 Å². The molecule has 1 atom stereocenters. The molecular weight excluding hydrogens is 496 g/mol. The highest BCUT2D eigenvalue weighted by atomic mass is 79.9. The maximum atomic E-state index is 13.5. The molecule has 3 aromatic carbocycles. The Hall–Kier alpha value is -2.57. The van der Waals surface area contributed by atoms with Gasteiger partial charge in [-0.1, -0.05) is 83.5 Å². The van der Waals surface area contributed by atoms with Gasteiger partial charge in [-0.3, -0.25) is 9.59 Å². The molecule has 3 aromatic rings. The third-order valence-electron chi connectivity index (χ3n) is 5.17. The first-order valence-electron chi connectivity index (χ1n) is 11.1. The lowest BCUT2D eigenvalue weighted by Gasteiger charge is -2.31. The first-order valence-corrected chi connectivity index (χ1v) is 12.9. The average molecular weight is 526 g/mol. The molecule has 33 heavy (non-hydrogen) atoms. The van der Waals surface area contributed by atoms with Gasteiger partial charge >= 0.3 is 0 Å². The van der Waals surface area contributed by atoms with Gasteiger partial charge in [-0.2, -0.15) is 0 Å². The molecule has 0 unspecified atom stereocenters. The normalized spacial score (nSPS) is 11.6. The van der Waals surface area contributed by atoms with Gasteiger partial charge in [0.1, 0.15) is 6.04 Å². The average Bonchev–Trinajstić information content (AvgIpc) is 2.84. The molecule has 6 heteroatoms. The molecule has 0 bridgehead atoms. The van der Waals surface area contributed by atoms with Crippen LogP contribution < -0.4 is 5.32 Å². The Labute approximate surface area is 208 Å². The molecular formula is C27H29BrN2O2S. The van der Waals surface area contributed by atoms with Crippen molar-refractivity contribution in [3.63, 3.8) is 0 Å². The topological polar surface area (TPSA) is 49.4 Å². The highest BCUT2D eigenvalue weighted by molar-refractivity contribution is 9.10. The molecule has 0 aliphatic heterocycles. The lowest BCUT2D eigenvalue weighted by molar-refractivity contribution is -0.139. The van der Waals surface area contributed by atoms with Crippen molar-refractivity contribution < 1.29 is 9.59 Å². The van der Waals surface area contributed by atoms with Gasteiger partial charge in [-0.05, 0) is 41.8 Å². The number of amides is 2. The third kappa shape index (κ3) is 8.06. The monoisotopic (exact) mass is 524 g/mol. The molecule has 0 radical (unpaired) electrons. The number of thioether (sulfide) groups is 1. The number of rotatable bonds is 11. The van der Waals surface area contributed by atoms with Crippen molar-refractivity contribution in [2.75, 3.05) is 12.3 Å². The smallest absolute Gasteiger partial charge is 0.243 e. The SMILES string of the molecule is CCCNC(=O)[C@H](Cc1ccccc1)N(Cc1cccc(Br)c1)C(=O)CSc1ccccc1. The molecule has 0 heterocycles. The highest BCUT2D eigenvalue weighted by Crippen LogP contribution is 2.22. The Kier molecular flexibility index (Phi) is 10.0. The summed E-state index contributed by atoms with van der Waals surface area (Å²) in [4.78, 5) is 29.6. The van der Waals surface area contributed by atoms with Gasteiger partial charge in [-0.15, -0.1) is 11.8 Å². The summed E-state index contributed by atoms with van der Waals surface area (Å²) >= 11 is 5.01. The molecule has 172 valence electrons. The van der Waals surface area contributed by atoms with Crippen LogP contribution in [0.25, 0.3) is 0 Å². The molecule has 1 N–H and O–H groups in total. The maximum absolute atomic E-state index is 13.5. The fourth-order valence-electron chi connectivity index (χ4n) is 3.50. The van der Waals surface area contributed by atoms with E-state index in [1.165, 1.54) is 11.8 Å². The van der Waals surface area contributed by atoms with E-state index in [1.54, 1.807) is 4.90 Å². The number of hydrogen-bond acceptors (Lipinski definition) is 3. The number of nitrogens with one attached hydrogen (secondary N) is 1. The van der Waals surface area contributed by atoms with E-state index in [4.69, 9.17) is 0 Å². The standard InChI is InChI=1S/C27H29BrN2O2S/c1-2-16-29-27(32)25(18-21-10-5-3-6-11-21)30(19-22-12-9-13-23(28)17-22)26(31)20-33-24-14-7-4-8-15-24/h3-15,17,25H,2,16,18-20H2,1H3,(H,29,32)/t25-/m0/s1. The van der Waals surface area contributed by atoms with Crippen LogP contribution in [0.3, 0.4) is 0 Å². The van der Waals surface area contributed by atoms with Crippen LogP contribution in [0.5, 0.6) is 0 Å². The summed E-state index contributed by atoms with van der Waals surface area (Å²) in [5.41, 5.74) is 2.00. The van der Waals surface area contributed by atoms with Gasteiger partial charge in [0, 0.05) is 28.9 Å². The summed E-state index contributed by atoms with van der Waals surface area (Å²) in [5, 5.41) is 3.01. The second-order valence-corrected chi connectivity index (χ2v) is 9.71. The largest absolute Gasteiger partial charge is 0.354 e. The zero-order valence-electron chi connectivity index (χ0n) is 18.7. The Morgan fingerprint density at radius 3 is 2.27 bits per heavy atom. The Morgan fingerprint density at radius 2 is 1.61 bits per heavy atom. The quantitative estimate of drug-likeness (QED) is 0.327. The van der Waals surface area contributed by atoms with Crippen LogP contribution in [0.2, 0.25) is 0 Å². The number of benzene rings is 3. The van der Waals surface area contributed by atoms with Crippen molar-refractivity contribution in [2.24, 2.45) is 0 Å². The molecule has 3 rings (SSSR count). The number of carbonyl (C=O) groups excluding carboxylic acids is 2. The van der Waals surface area contributed by atoms with Crippen LogP contribution in [-0.4, -0.2) is 35.1 Å². The molecule has 2 amide bonds. The van der Waals surface area contributed by atoms with E-state index in [2.05, 4.69) is 21.2 Å². The predicted molar refractivity (Wildman–Crippen MR) is 139 cm³/mol. The molecule has 0 aliphatic carbocycles. The van der Waals surface area contributed by atoms with Gasteiger partial charge in [0.15, 0.2) is 0 Å². The number of hydrogen-bond donors (Lipinski definition) is 1. The predicted octanol–water partition coefficient (Wildman–Crippen LogP) is 5.71. The zero-order chi connectivity index (χ0) is 23.5. The molecule has 0 saturated heterocycles. The van der Waals surface area contributed by atoms with Crippen molar-refractivity contribution in [2.45, 2.75) is 37.2 Å². The summed E-state index contributed by atoms with van der Waals surface area (Å²) < 4.78 is 0.945. The van der Waals surface area contributed by atoms with E-state index >= 15 is 0 Å². The van der Waals surface area contributed by atoms with E-state index in [1.807, 2.05) is 91.9 Å². The van der Waals surface area contributed by atoms with Gasteiger partial charge in [-0.25, -0.2) is 0 Å². The van der Waals surface area contributed by atoms with Crippen LogP contribution in [0.1, 0.15) is 24.5 Å². The number of nitrogens with zero attached hydrogens (tertiary/aromatic N) is 1. The first kappa shape index (κ1) is 25.1.